The molecule has 2 rings (SSSR count). The van der Waals surface area contributed by atoms with Crippen molar-refractivity contribution in [2.45, 2.75) is 32.7 Å². The summed E-state index contributed by atoms with van der Waals surface area (Å²) in [5.74, 6) is 2.30. The molecule has 0 aliphatic heterocycles. The van der Waals surface area contributed by atoms with E-state index in [1.54, 1.807) is 24.7 Å². The first-order valence-corrected chi connectivity index (χ1v) is 8.52. The van der Waals surface area contributed by atoms with Gasteiger partial charge in [-0.25, -0.2) is 0 Å². The van der Waals surface area contributed by atoms with Gasteiger partial charge in [0.05, 0.1) is 0 Å². The van der Waals surface area contributed by atoms with Crippen LogP contribution in [0.1, 0.15) is 31.2 Å². The Kier molecular flexibility index (Phi) is 9.15. The first-order chi connectivity index (χ1) is 10.7. The molecule has 0 saturated carbocycles. The number of halogens is 1. The zero-order chi connectivity index (χ0) is 15.8. The lowest BCUT2D eigenvalue weighted by Crippen LogP contribution is -2.40. The van der Waals surface area contributed by atoms with Crippen LogP contribution >= 0.6 is 35.3 Å². The van der Waals surface area contributed by atoms with E-state index in [0.29, 0.717) is 5.92 Å². The van der Waals surface area contributed by atoms with Crippen LogP contribution in [0.25, 0.3) is 0 Å². The summed E-state index contributed by atoms with van der Waals surface area (Å²) in [6.07, 6.45) is 2.67. The van der Waals surface area contributed by atoms with E-state index in [1.807, 2.05) is 0 Å². The van der Waals surface area contributed by atoms with Gasteiger partial charge in [0.2, 0.25) is 0 Å². The van der Waals surface area contributed by atoms with E-state index in [-0.39, 0.29) is 24.0 Å². The van der Waals surface area contributed by atoms with Crippen LogP contribution in [0.3, 0.4) is 0 Å². The van der Waals surface area contributed by atoms with Crippen molar-refractivity contribution >= 4 is 41.3 Å². The Hall–Kier alpha value is -1.16. The Morgan fingerprint density at radius 2 is 2.26 bits per heavy atom. The van der Waals surface area contributed by atoms with Gasteiger partial charge in [0.15, 0.2) is 5.96 Å². The summed E-state index contributed by atoms with van der Waals surface area (Å²) < 4.78 is 2.06. The third-order valence-electron chi connectivity index (χ3n) is 3.57. The average molecular weight is 448 g/mol. The number of aromatic nitrogens is 3. The molecule has 0 aliphatic rings. The second kappa shape index (κ2) is 10.6. The van der Waals surface area contributed by atoms with E-state index in [4.69, 9.17) is 0 Å². The van der Waals surface area contributed by atoms with Gasteiger partial charge in [0.1, 0.15) is 12.2 Å². The summed E-state index contributed by atoms with van der Waals surface area (Å²) in [6, 6.07) is 2.17. The third-order valence-corrected chi connectivity index (χ3v) is 4.27. The molecule has 0 amide bonds. The van der Waals surface area contributed by atoms with Crippen molar-refractivity contribution in [3.63, 3.8) is 0 Å². The SMILES string of the molecule is CCc1nncn1CCNC(=NC)NCC(C)c1ccsc1.I. The second-order valence-corrected chi connectivity index (χ2v) is 5.91. The molecule has 8 heteroatoms. The molecular formula is C15H25IN6S. The summed E-state index contributed by atoms with van der Waals surface area (Å²) in [5.41, 5.74) is 1.37. The largest absolute Gasteiger partial charge is 0.356 e. The normalized spacial score (nSPS) is 12.6. The highest BCUT2D eigenvalue weighted by molar-refractivity contribution is 14.0. The Balaban J connectivity index is 0.00000264. The van der Waals surface area contributed by atoms with Gasteiger partial charge in [-0.1, -0.05) is 13.8 Å². The molecule has 0 spiro atoms. The van der Waals surface area contributed by atoms with Crippen LogP contribution in [0.5, 0.6) is 0 Å². The highest BCUT2D eigenvalue weighted by Crippen LogP contribution is 2.16. The zero-order valence-electron chi connectivity index (χ0n) is 13.8. The van der Waals surface area contributed by atoms with E-state index in [9.17, 15) is 0 Å². The summed E-state index contributed by atoms with van der Waals surface area (Å²) in [5, 5.41) is 19.0. The van der Waals surface area contributed by atoms with Crippen molar-refractivity contribution in [1.82, 2.24) is 25.4 Å². The minimum Gasteiger partial charge on any atom is -0.356 e. The van der Waals surface area contributed by atoms with Crippen LogP contribution in [-0.2, 0) is 13.0 Å². The number of rotatable bonds is 7. The number of aliphatic imine (C=N–C) groups is 1. The van der Waals surface area contributed by atoms with Gasteiger partial charge in [-0.2, -0.15) is 11.3 Å². The lowest BCUT2D eigenvalue weighted by Gasteiger charge is -2.15. The number of nitrogens with zero attached hydrogens (tertiary/aromatic N) is 4. The van der Waals surface area contributed by atoms with Gasteiger partial charge in [-0.3, -0.25) is 4.99 Å². The lowest BCUT2D eigenvalue weighted by atomic mass is 10.1. The topological polar surface area (TPSA) is 67.1 Å². The maximum Gasteiger partial charge on any atom is 0.191 e. The van der Waals surface area contributed by atoms with Crippen LogP contribution in [0, 0.1) is 0 Å². The van der Waals surface area contributed by atoms with Crippen molar-refractivity contribution in [2.75, 3.05) is 20.1 Å². The number of thiophene rings is 1. The molecule has 6 nitrogen and oxygen atoms in total. The van der Waals surface area contributed by atoms with E-state index >= 15 is 0 Å². The van der Waals surface area contributed by atoms with Crippen LogP contribution in [-0.4, -0.2) is 40.9 Å². The second-order valence-electron chi connectivity index (χ2n) is 5.13. The fraction of sp³-hybridized carbons (Fsp3) is 0.533. The number of guanidine groups is 1. The predicted octanol–water partition coefficient (Wildman–Crippen LogP) is 2.49. The first-order valence-electron chi connectivity index (χ1n) is 7.57. The van der Waals surface area contributed by atoms with Gasteiger partial charge >= 0.3 is 0 Å². The molecule has 0 fully saturated rings. The van der Waals surface area contributed by atoms with Gasteiger partial charge in [-0.05, 0) is 28.3 Å². The molecular weight excluding hydrogens is 423 g/mol. The number of hydrogen-bond donors (Lipinski definition) is 2. The highest BCUT2D eigenvalue weighted by Gasteiger charge is 2.07. The molecule has 128 valence electrons. The summed E-state index contributed by atoms with van der Waals surface area (Å²) in [6.45, 7) is 6.78. The fourth-order valence-electron chi connectivity index (χ4n) is 2.18. The van der Waals surface area contributed by atoms with Crippen LogP contribution < -0.4 is 10.6 Å². The standard InChI is InChI=1S/C15H24N6S.HI/c1-4-14-20-19-11-21(14)7-6-17-15(16-3)18-9-12(2)13-5-8-22-10-13;/h5,8,10-12H,4,6-7,9H2,1-3H3,(H2,16,17,18);1H. The minimum atomic E-state index is 0. The van der Waals surface area contributed by atoms with Crippen molar-refractivity contribution < 1.29 is 0 Å². The van der Waals surface area contributed by atoms with Gasteiger partial charge < -0.3 is 15.2 Å². The predicted molar refractivity (Wildman–Crippen MR) is 107 cm³/mol. The highest BCUT2D eigenvalue weighted by atomic mass is 127. The summed E-state index contributed by atoms with van der Waals surface area (Å²) in [4.78, 5) is 4.26. The fourth-order valence-corrected chi connectivity index (χ4v) is 2.96. The Morgan fingerprint density at radius 3 is 2.91 bits per heavy atom. The van der Waals surface area contributed by atoms with E-state index in [2.05, 4.69) is 61.1 Å². The van der Waals surface area contributed by atoms with Crippen molar-refractivity contribution in [2.24, 2.45) is 4.99 Å². The molecule has 1 atom stereocenters. The molecule has 0 aliphatic carbocycles. The smallest absolute Gasteiger partial charge is 0.191 e. The summed E-state index contributed by atoms with van der Waals surface area (Å²) >= 11 is 1.74. The van der Waals surface area contributed by atoms with E-state index in [0.717, 1.165) is 37.8 Å². The van der Waals surface area contributed by atoms with E-state index < -0.39 is 0 Å². The van der Waals surface area contributed by atoms with Gasteiger partial charge in [0.25, 0.3) is 0 Å². The van der Waals surface area contributed by atoms with Gasteiger partial charge in [-0.15, -0.1) is 34.2 Å². The Bertz CT molecular complexity index is 581. The van der Waals surface area contributed by atoms with Gasteiger partial charge in [0, 0.05) is 33.1 Å². The number of hydrogen-bond acceptors (Lipinski definition) is 4. The maximum absolute atomic E-state index is 4.26. The lowest BCUT2D eigenvalue weighted by molar-refractivity contribution is 0.627. The quantitative estimate of drug-likeness (QED) is 0.388. The average Bonchev–Trinajstić information content (AvgIpc) is 3.21. The molecule has 0 saturated heterocycles. The molecule has 2 N–H and O–H groups in total. The molecule has 1 unspecified atom stereocenters. The zero-order valence-corrected chi connectivity index (χ0v) is 17.0. The monoisotopic (exact) mass is 448 g/mol. The first kappa shape index (κ1) is 19.9. The third kappa shape index (κ3) is 6.09. The molecule has 0 bridgehead atoms. The summed E-state index contributed by atoms with van der Waals surface area (Å²) in [7, 11) is 1.79. The van der Waals surface area contributed by atoms with Crippen molar-refractivity contribution in [1.29, 1.82) is 0 Å². The molecule has 0 radical (unpaired) electrons. The van der Waals surface area contributed by atoms with Crippen LogP contribution in [0.4, 0.5) is 0 Å². The molecule has 2 aromatic heterocycles. The number of aryl methyl sites for hydroxylation is 1. The Labute approximate surface area is 158 Å². The van der Waals surface area contributed by atoms with Crippen LogP contribution in [0.2, 0.25) is 0 Å². The molecule has 0 aromatic carbocycles. The molecule has 23 heavy (non-hydrogen) atoms. The molecule has 2 aromatic rings. The minimum absolute atomic E-state index is 0. The Morgan fingerprint density at radius 1 is 1.43 bits per heavy atom. The van der Waals surface area contributed by atoms with Crippen LogP contribution in [0.15, 0.2) is 28.1 Å². The maximum atomic E-state index is 4.26. The number of nitrogens with one attached hydrogen (secondary N) is 2. The van der Waals surface area contributed by atoms with Crippen molar-refractivity contribution in [3.8, 4) is 0 Å². The van der Waals surface area contributed by atoms with Crippen molar-refractivity contribution in [3.05, 3.63) is 34.5 Å². The van der Waals surface area contributed by atoms with E-state index in [1.165, 1.54) is 5.56 Å². The molecule has 2 heterocycles.